The van der Waals surface area contributed by atoms with E-state index >= 15 is 0 Å². The predicted molar refractivity (Wildman–Crippen MR) is 127 cm³/mol. The average Bonchev–Trinajstić information content (AvgIpc) is 3.24. The van der Waals surface area contributed by atoms with E-state index in [1.54, 1.807) is 0 Å². The summed E-state index contributed by atoms with van der Waals surface area (Å²) in [6.45, 7) is 6.47. The van der Waals surface area contributed by atoms with Gasteiger partial charge in [-0.3, -0.25) is 9.59 Å². The van der Waals surface area contributed by atoms with Gasteiger partial charge in [-0.05, 0) is 31.5 Å². The Morgan fingerprint density at radius 3 is 2.41 bits per heavy atom. The van der Waals surface area contributed by atoms with Gasteiger partial charge in [0, 0.05) is 43.4 Å². The van der Waals surface area contributed by atoms with Crippen LogP contribution in [0.4, 0.5) is 5.82 Å². The molecule has 2 aromatic heterocycles. The Kier molecular flexibility index (Phi) is 5.22. The molecule has 1 saturated heterocycles. The molecule has 0 radical (unpaired) electrons. The van der Waals surface area contributed by atoms with Gasteiger partial charge in [-0.15, -0.1) is 0 Å². The molecule has 1 fully saturated rings. The molecule has 162 valence electrons. The highest BCUT2D eigenvalue weighted by Gasteiger charge is 2.24. The van der Waals surface area contributed by atoms with E-state index in [0.717, 1.165) is 21.7 Å². The molecule has 0 unspecified atom stereocenters. The molecule has 0 aliphatic carbocycles. The van der Waals surface area contributed by atoms with Crippen LogP contribution in [0.5, 0.6) is 0 Å². The third-order valence-electron chi connectivity index (χ3n) is 5.80. The van der Waals surface area contributed by atoms with Gasteiger partial charge in [-0.2, -0.15) is 9.61 Å². The predicted octanol–water partition coefficient (Wildman–Crippen LogP) is 3.40. The van der Waals surface area contributed by atoms with E-state index in [1.807, 2.05) is 67.3 Å². The van der Waals surface area contributed by atoms with E-state index in [4.69, 9.17) is 4.98 Å². The zero-order chi connectivity index (χ0) is 22.2. The van der Waals surface area contributed by atoms with Crippen LogP contribution in [0.2, 0.25) is 0 Å². The van der Waals surface area contributed by atoms with Crippen molar-refractivity contribution in [2.24, 2.45) is 0 Å². The maximum Gasteiger partial charge on any atom is 0.277 e. The number of piperazine rings is 1. The lowest BCUT2D eigenvalue weighted by Crippen LogP contribution is -2.49. The van der Waals surface area contributed by atoms with Crippen molar-refractivity contribution in [2.45, 2.75) is 13.8 Å². The monoisotopic (exact) mass is 445 g/mol. The summed E-state index contributed by atoms with van der Waals surface area (Å²) in [4.78, 5) is 34.7. The van der Waals surface area contributed by atoms with Crippen molar-refractivity contribution in [2.75, 3.05) is 31.1 Å². The summed E-state index contributed by atoms with van der Waals surface area (Å²) in [7, 11) is 0. The van der Waals surface area contributed by atoms with Gasteiger partial charge in [0.2, 0.25) is 4.96 Å². The van der Waals surface area contributed by atoms with Crippen LogP contribution in [0.25, 0.3) is 15.5 Å². The Balaban J connectivity index is 1.35. The third kappa shape index (κ3) is 3.78. The van der Waals surface area contributed by atoms with Crippen LogP contribution in [0.3, 0.4) is 0 Å². The molecule has 2 aromatic carbocycles. The van der Waals surface area contributed by atoms with E-state index in [1.165, 1.54) is 21.9 Å². The molecule has 1 aliphatic rings. The largest absolute Gasteiger partial charge is 0.353 e. The van der Waals surface area contributed by atoms with Crippen molar-refractivity contribution in [1.29, 1.82) is 0 Å². The summed E-state index contributed by atoms with van der Waals surface area (Å²) < 4.78 is 1.37. The van der Waals surface area contributed by atoms with E-state index in [9.17, 15) is 9.59 Å². The highest BCUT2D eigenvalue weighted by Crippen LogP contribution is 2.27. The maximum atomic E-state index is 12.8. The zero-order valence-corrected chi connectivity index (χ0v) is 18.8. The van der Waals surface area contributed by atoms with Crippen molar-refractivity contribution in [3.63, 3.8) is 0 Å². The minimum absolute atomic E-state index is 0.0402. The van der Waals surface area contributed by atoms with E-state index < -0.39 is 0 Å². The third-order valence-corrected chi connectivity index (χ3v) is 6.74. The van der Waals surface area contributed by atoms with Crippen LogP contribution in [0.15, 0.2) is 59.4 Å². The molecule has 7 nitrogen and oxygen atoms in total. The number of hydrogen-bond donors (Lipinski definition) is 0. The van der Waals surface area contributed by atoms with Crippen LogP contribution in [0, 0.1) is 13.8 Å². The summed E-state index contributed by atoms with van der Waals surface area (Å²) in [5.74, 6) is 0.677. The first kappa shape index (κ1) is 20.4. The Bertz CT molecular complexity index is 1350. The molecule has 0 spiro atoms. The zero-order valence-electron chi connectivity index (χ0n) is 18.0. The van der Waals surface area contributed by atoms with Crippen molar-refractivity contribution >= 4 is 28.0 Å². The van der Waals surface area contributed by atoms with Gasteiger partial charge in [-0.25, -0.2) is 4.98 Å². The second-order valence-electron chi connectivity index (χ2n) is 8.01. The van der Waals surface area contributed by atoms with Crippen LogP contribution in [-0.4, -0.2) is 51.6 Å². The van der Waals surface area contributed by atoms with Crippen LogP contribution in [0.1, 0.15) is 21.5 Å². The first-order valence-corrected chi connectivity index (χ1v) is 11.4. The average molecular weight is 446 g/mol. The number of benzene rings is 2. The molecule has 0 bridgehead atoms. The molecule has 32 heavy (non-hydrogen) atoms. The number of rotatable bonds is 3. The molecule has 1 aliphatic heterocycles. The van der Waals surface area contributed by atoms with Gasteiger partial charge >= 0.3 is 0 Å². The fraction of sp³-hybridized carbons (Fsp3) is 0.250. The van der Waals surface area contributed by atoms with Crippen LogP contribution in [-0.2, 0) is 0 Å². The van der Waals surface area contributed by atoms with Gasteiger partial charge in [0.1, 0.15) is 10.8 Å². The number of nitrogens with zero attached hydrogens (tertiary/aromatic N) is 5. The maximum absolute atomic E-state index is 12.8. The molecule has 8 heteroatoms. The number of anilines is 1. The summed E-state index contributed by atoms with van der Waals surface area (Å²) in [5, 5.41) is 5.27. The number of hydrogen-bond acceptors (Lipinski definition) is 6. The molecule has 0 saturated carbocycles. The Morgan fingerprint density at radius 2 is 1.69 bits per heavy atom. The second-order valence-corrected chi connectivity index (χ2v) is 8.97. The molecular weight excluding hydrogens is 422 g/mol. The lowest BCUT2D eigenvalue weighted by atomic mass is 10.1. The second kappa shape index (κ2) is 8.20. The number of carbonyl (C=O) groups excluding carboxylic acids is 1. The molecule has 0 atom stereocenters. The molecule has 5 rings (SSSR count). The minimum Gasteiger partial charge on any atom is -0.353 e. The first-order valence-electron chi connectivity index (χ1n) is 10.6. The topological polar surface area (TPSA) is 70.8 Å². The number of aryl methyl sites for hydroxylation is 2. The standard InChI is InChI=1S/C24H23N5O2S/c1-16-7-9-18(10-8-16)23(31)28-13-11-27(12-14-28)20-15-21(30)29-24(25-20)32-22(26-29)19-6-4-3-5-17(19)2/h3-10,15H,11-14H2,1-2H3. The number of aromatic nitrogens is 3. The number of fused-ring (bicyclic) bond motifs is 1. The summed E-state index contributed by atoms with van der Waals surface area (Å²) in [6, 6.07) is 17.2. The summed E-state index contributed by atoms with van der Waals surface area (Å²) in [6.07, 6.45) is 0. The minimum atomic E-state index is -0.195. The molecule has 0 N–H and O–H groups in total. The lowest BCUT2D eigenvalue weighted by Gasteiger charge is -2.35. The van der Waals surface area contributed by atoms with Gasteiger partial charge in [0.15, 0.2) is 0 Å². The van der Waals surface area contributed by atoms with Gasteiger partial charge in [0.25, 0.3) is 11.5 Å². The van der Waals surface area contributed by atoms with Crippen LogP contribution < -0.4 is 10.5 Å². The van der Waals surface area contributed by atoms with Crippen molar-refractivity contribution in [1.82, 2.24) is 19.5 Å². The summed E-state index contributed by atoms with van der Waals surface area (Å²) in [5.41, 5.74) is 3.75. The van der Waals surface area contributed by atoms with Gasteiger partial charge in [0.05, 0.1) is 0 Å². The van der Waals surface area contributed by atoms with Gasteiger partial charge in [-0.1, -0.05) is 53.3 Å². The molecule has 3 heterocycles. The van der Waals surface area contributed by atoms with Gasteiger partial charge < -0.3 is 9.80 Å². The smallest absolute Gasteiger partial charge is 0.277 e. The van der Waals surface area contributed by atoms with Crippen LogP contribution >= 0.6 is 11.3 Å². The Morgan fingerprint density at radius 1 is 0.969 bits per heavy atom. The van der Waals surface area contributed by atoms with Crippen molar-refractivity contribution < 1.29 is 4.79 Å². The fourth-order valence-corrected chi connectivity index (χ4v) is 4.89. The SMILES string of the molecule is Cc1ccc(C(=O)N2CCN(c3cc(=O)n4nc(-c5ccccc5C)sc4n3)CC2)cc1. The first-order chi connectivity index (χ1) is 15.5. The molecule has 1 amide bonds. The summed E-state index contributed by atoms with van der Waals surface area (Å²) >= 11 is 1.41. The molecule has 4 aromatic rings. The quantitative estimate of drug-likeness (QED) is 0.483. The van der Waals surface area contributed by atoms with E-state index in [0.29, 0.717) is 42.5 Å². The van der Waals surface area contributed by atoms with E-state index in [2.05, 4.69) is 10.00 Å². The fourth-order valence-electron chi connectivity index (χ4n) is 3.90. The normalized spacial score (nSPS) is 14.2. The van der Waals surface area contributed by atoms with E-state index in [-0.39, 0.29) is 11.5 Å². The Labute approximate surface area is 189 Å². The highest BCUT2D eigenvalue weighted by molar-refractivity contribution is 7.19. The number of amides is 1. The Hall–Kier alpha value is -3.52. The lowest BCUT2D eigenvalue weighted by molar-refractivity contribution is 0.0746. The van der Waals surface area contributed by atoms with Crippen molar-refractivity contribution in [3.05, 3.63) is 81.6 Å². The molecular formula is C24H23N5O2S. The van der Waals surface area contributed by atoms with Crippen molar-refractivity contribution in [3.8, 4) is 10.6 Å². The highest BCUT2D eigenvalue weighted by atomic mass is 32.1. The number of carbonyl (C=O) groups is 1.